The van der Waals surface area contributed by atoms with Crippen molar-refractivity contribution in [2.75, 3.05) is 0 Å². The van der Waals surface area contributed by atoms with E-state index >= 15 is 0 Å². The van der Waals surface area contributed by atoms with Crippen LogP contribution in [-0.2, 0) is 16.4 Å². The Morgan fingerprint density at radius 2 is 1.70 bits per heavy atom. The van der Waals surface area contributed by atoms with Crippen LogP contribution in [-0.4, -0.2) is 14.3 Å². The first-order valence-electron chi connectivity index (χ1n) is 8.80. The van der Waals surface area contributed by atoms with Crippen LogP contribution in [0.15, 0.2) is 63.0 Å². The Hall–Kier alpha value is -1.90. The van der Waals surface area contributed by atoms with E-state index in [1.165, 1.54) is 29.6 Å². The van der Waals surface area contributed by atoms with Crippen molar-refractivity contribution in [3.05, 3.63) is 79.3 Å². The summed E-state index contributed by atoms with van der Waals surface area (Å²) < 4.78 is 27.0. The minimum Gasteiger partial charge on any atom is -0.347 e. The molecule has 0 aliphatic carbocycles. The highest BCUT2D eigenvalue weighted by molar-refractivity contribution is 7.91. The first-order chi connectivity index (χ1) is 14.3. The van der Waals surface area contributed by atoms with Gasteiger partial charge in [0.15, 0.2) is 0 Å². The molecular weight excluding hydrogens is 481 g/mol. The number of benzene rings is 2. The van der Waals surface area contributed by atoms with Gasteiger partial charge in [-0.3, -0.25) is 4.79 Å². The maximum Gasteiger partial charge on any atom is 0.261 e. The number of carbonyl (C=O) groups excluding carboxylic acids is 1. The standard InChI is InChI=1S/C21H15Cl2NO3S3/c1-12-19(30(26,27)16-5-2-14(22)3-6-16)11-29-20(12)21(25)24-9-13-10-28-18-7-4-15(23)8-17(13)18/h2-8,10-11H,9H2,1H3,(H,24,25). The highest BCUT2D eigenvalue weighted by Gasteiger charge is 2.25. The number of fused-ring (bicyclic) bond motifs is 1. The van der Waals surface area contributed by atoms with Gasteiger partial charge in [-0.25, -0.2) is 8.42 Å². The number of amides is 1. The van der Waals surface area contributed by atoms with Crippen molar-refractivity contribution < 1.29 is 13.2 Å². The van der Waals surface area contributed by atoms with Gasteiger partial charge in [0.1, 0.15) is 0 Å². The molecule has 0 fully saturated rings. The number of carbonyl (C=O) groups is 1. The van der Waals surface area contributed by atoms with Crippen LogP contribution in [0.2, 0.25) is 10.0 Å². The van der Waals surface area contributed by atoms with Crippen LogP contribution >= 0.6 is 45.9 Å². The molecular formula is C21H15Cl2NO3S3. The van der Waals surface area contributed by atoms with Gasteiger partial charge in [-0.05, 0) is 71.3 Å². The molecule has 154 valence electrons. The fraction of sp³-hybridized carbons (Fsp3) is 0.0952. The van der Waals surface area contributed by atoms with Crippen LogP contribution < -0.4 is 5.32 Å². The van der Waals surface area contributed by atoms with E-state index in [4.69, 9.17) is 23.2 Å². The van der Waals surface area contributed by atoms with Crippen LogP contribution in [0.3, 0.4) is 0 Å². The van der Waals surface area contributed by atoms with Crippen molar-refractivity contribution in [1.82, 2.24) is 5.32 Å². The second-order valence-corrected chi connectivity index (χ2v) is 11.2. The summed E-state index contributed by atoms with van der Waals surface area (Å²) in [6.07, 6.45) is 0. The van der Waals surface area contributed by atoms with Gasteiger partial charge in [0, 0.05) is 26.7 Å². The third-order valence-electron chi connectivity index (χ3n) is 4.67. The molecule has 1 N–H and O–H groups in total. The first kappa shape index (κ1) is 21.3. The Balaban J connectivity index is 1.56. The lowest BCUT2D eigenvalue weighted by atomic mass is 10.2. The monoisotopic (exact) mass is 495 g/mol. The van der Waals surface area contributed by atoms with Gasteiger partial charge >= 0.3 is 0 Å². The third-order valence-corrected chi connectivity index (χ3v) is 9.29. The number of sulfone groups is 1. The highest BCUT2D eigenvalue weighted by Crippen LogP contribution is 2.32. The summed E-state index contributed by atoms with van der Waals surface area (Å²) in [4.78, 5) is 13.4. The third kappa shape index (κ3) is 4.00. The molecule has 4 nitrogen and oxygen atoms in total. The van der Waals surface area contributed by atoms with E-state index in [1.807, 2.05) is 23.6 Å². The van der Waals surface area contributed by atoms with Gasteiger partial charge in [0.05, 0.1) is 14.7 Å². The fourth-order valence-electron chi connectivity index (χ4n) is 3.08. The summed E-state index contributed by atoms with van der Waals surface area (Å²) in [6.45, 7) is 1.98. The second kappa shape index (κ2) is 8.32. The summed E-state index contributed by atoms with van der Waals surface area (Å²) in [7, 11) is -3.73. The van der Waals surface area contributed by atoms with E-state index in [0.717, 1.165) is 27.0 Å². The average molecular weight is 496 g/mol. The van der Waals surface area contributed by atoms with Crippen LogP contribution in [0.1, 0.15) is 20.8 Å². The van der Waals surface area contributed by atoms with E-state index in [1.54, 1.807) is 18.3 Å². The minimum absolute atomic E-state index is 0.132. The zero-order valence-corrected chi connectivity index (χ0v) is 19.6. The molecule has 4 aromatic rings. The Morgan fingerprint density at radius 1 is 1.00 bits per heavy atom. The van der Waals surface area contributed by atoms with Crippen molar-refractivity contribution in [1.29, 1.82) is 0 Å². The SMILES string of the molecule is Cc1c(S(=O)(=O)c2ccc(Cl)cc2)csc1C(=O)NCc1csc2ccc(Cl)cc12. The Morgan fingerprint density at radius 3 is 2.43 bits per heavy atom. The molecule has 0 spiro atoms. The molecule has 2 aromatic carbocycles. The molecule has 0 radical (unpaired) electrons. The predicted octanol–water partition coefficient (Wildman–Crippen LogP) is 6.34. The molecule has 30 heavy (non-hydrogen) atoms. The molecule has 0 atom stereocenters. The quantitative estimate of drug-likeness (QED) is 0.351. The number of rotatable bonds is 5. The lowest BCUT2D eigenvalue weighted by molar-refractivity contribution is 0.0954. The topological polar surface area (TPSA) is 63.2 Å². The van der Waals surface area contributed by atoms with Crippen molar-refractivity contribution in [2.24, 2.45) is 0 Å². The van der Waals surface area contributed by atoms with E-state index in [9.17, 15) is 13.2 Å². The molecule has 0 saturated heterocycles. The van der Waals surface area contributed by atoms with Gasteiger partial charge in [0.2, 0.25) is 9.84 Å². The average Bonchev–Trinajstić information content (AvgIpc) is 3.30. The van der Waals surface area contributed by atoms with E-state index in [-0.39, 0.29) is 15.7 Å². The van der Waals surface area contributed by atoms with E-state index in [0.29, 0.717) is 27.0 Å². The predicted molar refractivity (Wildman–Crippen MR) is 124 cm³/mol. The molecule has 0 bridgehead atoms. The zero-order chi connectivity index (χ0) is 21.5. The number of halogens is 2. The molecule has 4 rings (SSSR count). The van der Waals surface area contributed by atoms with Crippen LogP contribution in [0, 0.1) is 6.92 Å². The lowest BCUT2D eigenvalue weighted by Gasteiger charge is -2.06. The van der Waals surface area contributed by atoms with E-state index in [2.05, 4.69) is 5.32 Å². The van der Waals surface area contributed by atoms with Gasteiger partial charge in [0.25, 0.3) is 5.91 Å². The molecule has 1 amide bonds. The maximum atomic E-state index is 12.9. The summed E-state index contributed by atoms with van der Waals surface area (Å²) >= 11 is 14.6. The van der Waals surface area contributed by atoms with Gasteiger partial charge in [-0.2, -0.15) is 0 Å². The first-order valence-corrected chi connectivity index (χ1v) is 12.8. The second-order valence-electron chi connectivity index (χ2n) is 6.60. The zero-order valence-electron chi connectivity index (χ0n) is 15.6. The normalized spacial score (nSPS) is 11.7. The summed E-state index contributed by atoms with van der Waals surface area (Å²) in [5.41, 5.74) is 1.40. The van der Waals surface area contributed by atoms with Gasteiger partial charge in [-0.15, -0.1) is 22.7 Å². The largest absolute Gasteiger partial charge is 0.347 e. The summed E-state index contributed by atoms with van der Waals surface area (Å²) in [6, 6.07) is 11.6. The molecule has 0 aliphatic rings. The minimum atomic E-state index is -3.73. The van der Waals surface area contributed by atoms with Crippen LogP contribution in [0.4, 0.5) is 0 Å². The Labute approximate surface area is 192 Å². The Kier molecular flexibility index (Phi) is 5.92. The highest BCUT2D eigenvalue weighted by atomic mass is 35.5. The van der Waals surface area contributed by atoms with Gasteiger partial charge in [-0.1, -0.05) is 23.2 Å². The van der Waals surface area contributed by atoms with Crippen molar-refractivity contribution >= 4 is 71.7 Å². The van der Waals surface area contributed by atoms with Crippen molar-refractivity contribution in [3.8, 4) is 0 Å². The van der Waals surface area contributed by atoms with Crippen LogP contribution in [0.25, 0.3) is 10.1 Å². The summed E-state index contributed by atoms with van der Waals surface area (Å²) in [5.74, 6) is -0.309. The Bertz CT molecular complexity index is 1360. The molecule has 0 unspecified atom stereocenters. The lowest BCUT2D eigenvalue weighted by Crippen LogP contribution is -2.22. The summed E-state index contributed by atoms with van der Waals surface area (Å²) in [5, 5.41) is 8.48. The molecule has 0 saturated carbocycles. The number of hydrogen-bond donors (Lipinski definition) is 1. The van der Waals surface area contributed by atoms with Gasteiger partial charge < -0.3 is 5.32 Å². The maximum absolute atomic E-state index is 12.9. The van der Waals surface area contributed by atoms with Crippen molar-refractivity contribution in [3.63, 3.8) is 0 Å². The molecule has 2 aromatic heterocycles. The number of thiophene rings is 2. The van der Waals surface area contributed by atoms with Crippen molar-refractivity contribution in [2.45, 2.75) is 23.3 Å². The number of nitrogens with one attached hydrogen (secondary N) is 1. The number of hydrogen-bond acceptors (Lipinski definition) is 5. The smallest absolute Gasteiger partial charge is 0.261 e. The molecule has 2 heterocycles. The fourth-order valence-corrected chi connectivity index (χ4v) is 7.16. The van der Waals surface area contributed by atoms with E-state index < -0.39 is 9.84 Å². The van der Waals surface area contributed by atoms with Crippen LogP contribution in [0.5, 0.6) is 0 Å². The molecule has 0 aliphatic heterocycles. The molecule has 9 heteroatoms.